The van der Waals surface area contributed by atoms with Gasteiger partial charge in [0.2, 0.25) is 0 Å². The summed E-state index contributed by atoms with van der Waals surface area (Å²) in [5, 5.41) is 0. The molecule has 0 bridgehead atoms. The summed E-state index contributed by atoms with van der Waals surface area (Å²) >= 11 is 2.08. The van der Waals surface area contributed by atoms with Crippen LogP contribution in [0, 0.1) is 5.41 Å². The van der Waals surface area contributed by atoms with Crippen LogP contribution in [0.25, 0.3) is 0 Å². The van der Waals surface area contributed by atoms with Crippen molar-refractivity contribution in [3.63, 3.8) is 0 Å². The van der Waals surface area contributed by atoms with Crippen molar-refractivity contribution in [3.8, 4) is 0 Å². The number of hydrogen-bond acceptors (Lipinski definition) is 2. The molecule has 0 N–H and O–H groups in total. The van der Waals surface area contributed by atoms with Crippen molar-refractivity contribution in [2.24, 2.45) is 5.41 Å². The number of hydrogen-bond donors (Lipinski definition) is 0. The van der Waals surface area contributed by atoms with Gasteiger partial charge in [0.05, 0.1) is 12.9 Å². The van der Waals surface area contributed by atoms with Crippen LogP contribution in [-0.2, 0) is 4.74 Å². The Hall–Kier alpha value is -0.110. The minimum absolute atomic E-state index is 0.477. The molecule has 1 rings (SSSR count). The predicted molar refractivity (Wildman–Crippen MR) is 60.0 cm³/mol. The third-order valence-corrected chi connectivity index (χ3v) is 3.91. The molecule has 2 heteroatoms. The molecule has 0 aromatic heterocycles. The Labute approximate surface area is 85.9 Å². The largest absolute Gasteiger partial charge is 0.501 e. The molecular weight excluding hydrogens is 180 g/mol. The monoisotopic (exact) mass is 200 g/mol. The smallest absolute Gasteiger partial charge is 0.0929 e. The zero-order chi connectivity index (χ0) is 9.57. The summed E-state index contributed by atoms with van der Waals surface area (Å²) in [5.74, 6) is 2.63. The maximum Gasteiger partial charge on any atom is 0.0929 e. The zero-order valence-electron chi connectivity index (χ0n) is 8.71. The molecule has 0 atom stereocenters. The average molecular weight is 200 g/mol. The SMILES string of the molecule is C/C=C/OCC1(CC)CCSCC1. The van der Waals surface area contributed by atoms with Crippen molar-refractivity contribution in [2.75, 3.05) is 18.1 Å². The van der Waals surface area contributed by atoms with E-state index in [2.05, 4.69) is 18.7 Å². The molecule has 0 amide bonds. The van der Waals surface area contributed by atoms with Gasteiger partial charge in [-0.05, 0) is 37.7 Å². The number of rotatable bonds is 4. The fourth-order valence-electron chi connectivity index (χ4n) is 1.73. The Morgan fingerprint density at radius 2 is 2.08 bits per heavy atom. The van der Waals surface area contributed by atoms with E-state index in [9.17, 15) is 0 Å². The summed E-state index contributed by atoms with van der Waals surface area (Å²) in [5.41, 5.74) is 0.477. The molecule has 0 aliphatic carbocycles. The van der Waals surface area contributed by atoms with Crippen LogP contribution in [0.1, 0.15) is 33.1 Å². The highest BCUT2D eigenvalue weighted by atomic mass is 32.2. The lowest BCUT2D eigenvalue weighted by molar-refractivity contribution is 0.0942. The van der Waals surface area contributed by atoms with Gasteiger partial charge >= 0.3 is 0 Å². The Bertz CT molecular complexity index is 159. The van der Waals surface area contributed by atoms with Gasteiger partial charge in [0.25, 0.3) is 0 Å². The minimum atomic E-state index is 0.477. The fourth-order valence-corrected chi connectivity index (χ4v) is 3.08. The lowest BCUT2D eigenvalue weighted by atomic mass is 9.80. The maximum absolute atomic E-state index is 5.53. The lowest BCUT2D eigenvalue weighted by Gasteiger charge is -2.35. The van der Waals surface area contributed by atoms with Gasteiger partial charge < -0.3 is 4.74 Å². The minimum Gasteiger partial charge on any atom is -0.501 e. The highest BCUT2D eigenvalue weighted by molar-refractivity contribution is 7.99. The maximum atomic E-state index is 5.53. The number of allylic oxidation sites excluding steroid dienone is 1. The van der Waals surface area contributed by atoms with Crippen LogP contribution in [0.4, 0.5) is 0 Å². The van der Waals surface area contributed by atoms with Crippen molar-refractivity contribution in [1.82, 2.24) is 0 Å². The normalized spacial score (nSPS) is 22.0. The molecule has 1 nitrogen and oxygen atoms in total. The van der Waals surface area contributed by atoms with Crippen LogP contribution in [0.15, 0.2) is 12.3 Å². The standard InChI is InChI=1S/C11H20OS/c1-3-7-12-10-11(4-2)5-8-13-9-6-11/h3,7H,4-6,8-10H2,1-2H3/b7-3+. The first kappa shape index (κ1) is 11.0. The quantitative estimate of drug-likeness (QED) is 0.643. The second kappa shape index (κ2) is 5.58. The van der Waals surface area contributed by atoms with Gasteiger partial charge in [0, 0.05) is 5.41 Å². The molecule has 13 heavy (non-hydrogen) atoms. The summed E-state index contributed by atoms with van der Waals surface area (Å²) in [7, 11) is 0. The summed E-state index contributed by atoms with van der Waals surface area (Å²) in [6.07, 6.45) is 7.68. The van der Waals surface area contributed by atoms with Crippen LogP contribution in [0.3, 0.4) is 0 Å². The van der Waals surface area contributed by atoms with E-state index in [0.29, 0.717) is 5.41 Å². The first-order valence-electron chi connectivity index (χ1n) is 5.13. The van der Waals surface area contributed by atoms with Crippen molar-refractivity contribution in [2.45, 2.75) is 33.1 Å². The predicted octanol–water partition coefficient (Wildman–Crippen LogP) is 3.46. The van der Waals surface area contributed by atoms with Crippen LogP contribution < -0.4 is 0 Å². The van der Waals surface area contributed by atoms with Gasteiger partial charge in [-0.15, -0.1) is 0 Å². The van der Waals surface area contributed by atoms with E-state index in [1.807, 2.05) is 19.3 Å². The first-order valence-corrected chi connectivity index (χ1v) is 6.29. The molecule has 0 radical (unpaired) electrons. The van der Waals surface area contributed by atoms with E-state index in [0.717, 1.165) is 6.61 Å². The van der Waals surface area contributed by atoms with E-state index < -0.39 is 0 Å². The van der Waals surface area contributed by atoms with Gasteiger partial charge in [0.15, 0.2) is 0 Å². The molecule has 0 saturated carbocycles. The molecule has 1 heterocycles. The Balaban J connectivity index is 2.38. The number of ether oxygens (including phenoxy) is 1. The summed E-state index contributed by atoms with van der Waals surface area (Å²) < 4.78 is 5.53. The average Bonchev–Trinajstić information content (AvgIpc) is 2.20. The van der Waals surface area contributed by atoms with Gasteiger partial charge in [0.1, 0.15) is 0 Å². The molecule has 0 aromatic carbocycles. The van der Waals surface area contributed by atoms with Gasteiger partial charge in [-0.25, -0.2) is 0 Å². The Morgan fingerprint density at radius 1 is 1.38 bits per heavy atom. The van der Waals surface area contributed by atoms with Crippen LogP contribution in [0.2, 0.25) is 0 Å². The third kappa shape index (κ3) is 3.26. The topological polar surface area (TPSA) is 9.23 Å². The van der Waals surface area contributed by atoms with Crippen molar-refractivity contribution in [1.29, 1.82) is 0 Å². The Kier molecular flexibility index (Phi) is 4.71. The fraction of sp³-hybridized carbons (Fsp3) is 0.818. The van der Waals surface area contributed by atoms with Gasteiger partial charge in [-0.2, -0.15) is 11.8 Å². The molecule has 1 aliphatic rings. The van der Waals surface area contributed by atoms with Crippen LogP contribution in [-0.4, -0.2) is 18.1 Å². The molecule has 1 fully saturated rings. The van der Waals surface area contributed by atoms with Gasteiger partial charge in [-0.3, -0.25) is 0 Å². The molecular formula is C11H20OS. The molecule has 76 valence electrons. The summed E-state index contributed by atoms with van der Waals surface area (Å²) in [4.78, 5) is 0. The van der Waals surface area contributed by atoms with E-state index in [1.165, 1.54) is 30.8 Å². The van der Waals surface area contributed by atoms with E-state index in [1.54, 1.807) is 0 Å². The van der Waals surface area contributed by atoms with Crippen molar-refractivity contribution in [3.05, 3.63) is 12.3 Å². The third-order valence-electron chi connectivity index (χ3n) is 2.93. The van der Waals surface area contributed by atoms with E-state index >= 15 is 0 Å². The van der Waals surface area contributed by atoms with Crippen molar-refractivity contribution < 1.29 is 4.74 Å². The molecule has 0 spiro atoms. The van der Waals surface area contributed by atoms with Gasteiger partial charge in [-0.1, -0.05) is 13.0 Å². The second-order valence-electron chi connectivity index (χ2n) is 3.75. The molecule has 1 aliphatic heterocycles. The summed E-state index contributed by atoms with van der Waals surface area (Å²) in [6.45, 7) is 5.19. The van der Waals surface area contributed by atoms with Crippen LogP contribution in [0.5, 0.6) is 0 Å². The molecule has 0 unspecified atom stereocenters. The molecule has 1 saturated heterocycles. The second-order valence-corrected chi connectivity index (χ2v) is 4.97. The van der Waals surface area contributed by atoms with Crippen molar-refractivity contribution >= 4 is 11.8 Å². The molecule has 0 aromatic rings. The number of thioether (sulfide) groups is 1. The highest BCUT2D eigenvalue weighted by Gasteiger charge is 2.30. The Morgan fingerprint density at radius 3 is 2.62 bits per heavy atom. The van der Waals surface area contributed by atoms with E-state index in [-0.39, 0.29) is 0 Å². The zero-order valence-corrected chi connectivity index (χ0v) is 9.53. The lowest BCUT2D eigenvalue weighted by Crippen LogP contribution is -2.30. The van der Waals surface area contributed by atoms with Crippen LogP contribution >= 0.6 is 11.8 Å². The first-order chi connectivity index (χ1) is 6.33. The highest BCUT2D eigenvalue weighted by Crippen LogP contribution is 2.38. The summed E-state index contributed by atoms with van der Waals surface area (Å²) in [6, 6.07) is 0. The van der Waals surface area contributed by atoms with E-state index in [4.69, 9.17) is 4.74 Å².